The topological polar surface area (TPSA) is 47.6 Å². The van der Waals surface area contributed by atoms with Gasteiger partial charge in [-0.15, -0.1) is 0 Å². The van der Waals surface area contributed by atoms with Crippen molar-refractivity contribution in [3.8, 4) is 0 Å². The number of amides is 1. The number of nitrogens with one attached hydrogen (secondary N) is 1. The molecule has 0 spiro atoms. The van der Waals surface area contributed by atoms with E-state index in [0.717, 1.165) is 0 Å². The highest BCUT2D eigenvalue weighted by molar-refractivity contribution is 5.94. The summed E-state index contributed by atoms with van der Waals surface area (Å²) in [6.45, 7) is 1.14. The van der Waals surface area contributed by atoms with Gasteiger partial charge in [-0.3, -0.25) is 4.79 Å². The molecule has 2 rings (SSSR count). The minimum atomic E-state index is -0.614. The van der Waals surface area contributed by atoms with E-state index in [-0.39, 0.29) is 12.5 Å². The molecule has 1 N–H and O–H groups in total. The Labute approximate surface area is 92.4 Å². The Morgan fingerprint density at radius 3 is 3.00 bits per heavy atom. The fourth-order valence-electron chi connectivity index (χ4n) is 1.43. The van der Waals surface area contributed by atoms with Gasteiger partial charge >= 0.3 is 0 Å². The summed E-state index contributed by atoms with van der Waals surface area (Å²) in [6, 6.07) is 5.71. The van der Waals surface area contributed by atoms with Crippen LogP contribution in [0.1, 0.15) is 0 Å². The maximum atomic E-state index is 12.9. The lowest BCUT2D eigenvalue weighted by Crippen LogP contribution is -2.39. The molecule has 0 aliphatic carbocycles. The average molecular weight is 225 g/mol. The van der Waals surface area contributed by atoms with E-state index in [1.807, 2.05) is 0 Å². The van der Waals surface area contributed by atoms with E-state index < -0.39 is 11.9 Å². The Balaban J connectivity index is 1.96. The quantitative estimate of drug-likeness (QED) is 0.822. The SMILES string of the molecule is O=C(Nc1cccc(F)c1)[C@H]1COCCO1. The molecule has 4 nitrogen and oxygen atoms in total. The van der Waals surface area contributed by atoms with E-state index in [9.17, 15) is 9.18 Å². The molecule has 86 valence electrons. The van der Waals surface area contributed by atoms with Gasteiger partial charge in [0.25, 0.3) is 5.91 Å². The Morgan fingerprint density at radius 1 is 1.44 bits per heavy atom. The molecular formula is C11H12FNO3. The second-order valence-corrected chi connectivity index (χ2v) is 3.43. The lowest BCUT2D eigenvalue weighted by Gasteiger charge is -2.21. The van der Waals surface area contributed by atoms with Gasteiger partial charge < -0.3 is 14.8 Å². The number of carbonyl (C=O) groups excluding carboxylic acids is 1. The first-order valence-corrected chi connectivity index (χ1v) is 5.01. The summed E-state index contributed by atoms with van der Waals surface area (Å²) in [5, 5.41) is 2.57. The molecule has 1 aliphatic rings. The molecule has 0 bridgehead atoms. The summed E-state index contributed by atoms with van der Waals surface area (Å²) in [4.78, 5) is 11.6. The van der Waals surface area contributed by atoms with Gasteiger partial charge in [-0.2, -0.15) is 0 Å². The van der Waals surface area contributed by atoms with Gasteiger partial charge in [0.05, 0.1) is 19.8 Å². The zero-order valence-electron chi connectivity index (χ0n) is 8.61. The van der Waals surface area contributed by atoms with Crippen LogP contribution in [-0.2, 0) is 14.3 Å². The zero-order valence-corrected chi connectivity index (χ0v) is 8.61. The molecule has 16 heavy (non-hydrogen) atoms. The molecule has 1 aromatic rings. The van der Waals surface area contributed by atoms with Crippen molar-refractivity contribution in [3.05, 3.63) is 30.1 Å². The van der Waals surface area contributed by atoms with Crippen molar-refractivity contribution in [1.29, 1.82) is 0 Å². The molecule has 1 aliphatic heterocycles. The first-order chi connectivity index (χ1) is 7.75. The fourth-order valence-corrected chi connectivity index (χ4v) is 1.43. The molecule has 1 heterocycles. The van der Waals surface area contributed by atoms with Gasteiger partial charge in [0.15, 0.2) is 6.10 Å². The number of carbonyl (C=O) groups is 1. The number of hydrogen-bond acceptors (Lipinski definition) is 3. The highest BCUT2D eigenvalue weighted by Gasteiger charge is 2.22. The van der Waals surface area contributed by atoms with Gasteiger partial charge in [0, 0.05) is 5.69 Å². The summed E-state index contributed by atoms with van der Waals surface area (Å²) in [6.07, 6.45) is -0.614. The zero-order chi connectivity index (χ0) is 11.4. The highest BCUT2D eigenvalue weighted by atomic mass is 19.1. The van der Waals surface area contributed by atoms with Crippen molar-refractivity contribution in [2.45, 2.75) is 6.10 Å². The Hall–Kier alpha value is -1.46. The minimum absolute atomic E-state index is 0.237. The predicted molar refractivity (Wildman–Crippen MR) is 55.6 cm³/mol. The van der Waals surface area contributed by atoms with Crippen LogP contribution >= 0.6 is 0 Å². The van der Waals surface area contributed by atoms with Crippen LogP contribution in [0.25, 0.3) is 0 Å². The molecule has 0 unspecified atom stereocenters. The van der Waals surface area contributed by atoms with Gasteiger partial charge in [0.1, 0.15) is 5.82 Å². The van der Waals surface area contributed by atoms with Crippen molar-refractivity contribution in [2.24, 2.45) is 0 Å². The van der Waals surface area contributed by atoms with Crippen LogP contribution in [0.5, 0.6) is 0 Å². The van der Waals surface area contributed by atoms with Gasteiger partial charge in [0.2, 0.25) is 0 Å². The number of halogens is 1. The first kappa shape index (κ1) is 11.0. The molecule has 0 saturated carbocycles. The van der Waals surface area contributed by atoms with E-state index >= 15 is 0 Å². The molecule has 5 heteroatoms. The summed E-state index contributed by atoms with van der Waals surface area (Å²) < 4.78 is 23.2. The van der Waals surface area contributed by atoms with Crippen LogP contribution in [0.3, 0.4) is 0 Å². The van der Waals surface area contributed by atoms with E-state index in [0.29, 0.717) is 18.9 Å². The summed E-state index contributed by atoms with van der Waals surface area (Å²) >= 11 is 0. The van der Waals surface area contributed by atoms with Crippen LogP contribution < -0.4 is 5.32 Å². The van der Waals surface area contributed by atoms with Crippen molar-refractivity contribution in [2.75, 3.05) is 25.1 Å². The molecule has 0 aromatic heterocycles. The molecule has 1 amide bonds. The molecular weight excluding hydrogens is 213 g/mol. The van der Waals surface area contributed by atoms with E-state index in [1.54, 1.807) is 6.07 Å². The predicted octanol–water partition coefficient (Wildman–Crippen LogP) is 1.18. The third-order valence-corrected chi connectivity index (χ3v) is 2.20. The number of hydrogen-bond donors (Lipinski definition) is 1. The Morgan fingerprint density at radius 2 is 2.31 bits per heavy atom. The largest absolute Gasteiger partial charge is 0.376 e. The minimum Gasteiger partial charge on any atom is -0.376 e. The third kappa shape index (κ3) is 2.77. The molecule has 1 aromatic carbocycles. The van der Waals surface area contributed by atoms with Crippen LogP contribution in [0.15, 0.2) is 24.3 Å². The average Bonchev–Trinajstić information content (AvgIpc) is 2.30. The van der Waals surface area contributed by atoms with Crippen LogP contribution in [0.2, 0.25) is 0 Å². The van der Waals surface area contributed by atoms with Crippen molar-refractivity contribution >= 4 is 11.6 Å². The molecule has 1 fully saturated rings. The number of rotatable bonds is 2. The second kappa shape index (κ2) is 5.05. The van der Waals surface area contributed by atoms with Gasteiger partial charge in [-0.05, 0) is 18.2 Å². The maximum absolute atomic E-state index is 12.9. The number of ether oxygens (including phenoxy) is 2. The summed E-state index contributed by atoms with van der Waals surface area (Å²) in [5.74, 6) is -0.705. The summed E-state index contributed by atoms with van der Waals surface area (Å²) in [5.41, 5.74) is 0.416. The van der Waals surface area contributed by atoms with E-state index in [2.05, 4.69) is 5.32 Å². The first-order valence-electron chi connectivity index (χ1n) is 5.01. The van der Waals surface area contributed by atoms with Crippen LogP contribution in [0.4, 0.5) is 10.1 Å². The number of benzene rings is 1. The smallest absolute Gasteiger partial charge is 0.255 e. The standard InChI is InChI=1S/C11H12FNO3/c12-8-2-1-3-9(6-8)13-11(14)10-7-15-4-5-16-10/h1-3,6,10H,4-5,7H2,(H,13,14)/t10-/m1/s1. The third-order valence-electron chi connectivity index (χ3n) is 2.20. The van der Waals surface area contributed by atoms with Crippen molar-refractivity contribution in [1.82, 2.24) is 0 Å². The molecule has 1 saturated heterocycles. The fraction of sp³-hybridized carbons (Fsp3) is 0.364. The lowest BCUT2D eigenvalue weighted by atomic mass is 10.2. The van der Waals surface area contributed by atoms with Crippen LogP contribution in [-0.4, -0.2) is 31.8 Å². The van der Waals surface area contributed by atoms with E-state index in [1.165, 1.54) is 18.2 Å². The maximum Gasteiger partial charge on any atom is 0.255 e. The highest BCUT2D eigenvalue weighted by Crippen LogP contribution is 2.11. The number of anilines is 1. The molecule has 0 radical (unpaired) electrons. The Bertz CT molecular complexity index is 377. The lowest BCUT2D eigenvalue weighted by molar-refractivity contribution is -0.142. The van der Waals surface area contributed by atoms with Crippen LogP contribution in [0, 0.1) is 5.82 Å². The Kier molecular flexibility index (Phi) is 3.48. The molecule has 1 atom stereocenters. The van der Waals surface area contributed by atoms with Gasteiger partial charge in [-0.25, -0.2) is 4.39 Å². The monoisotopic (exact) mass is 225 g/mol. The summed E-state index contributed by atoms with van der Waals surface area (Å²) in [7, 11) is 0. The van der Waals surface area contributed by atoms with Crippen molar-refractivity contribution in [3.63, 3.8) is 0 Å². The van der Waals surface area contributed by atoms with E-state index in [4.69, 9.17) is 9.47 Å². The van der Waals surface area contributed by atoms with Crippen molar-refractivity contribution < 1.29 is 18.7 Å². The second-order valence-electron chi connectivity index (χ2n) is 3.43. The normalized spacial score (nSPS) is 20.4. The van der Waals surface area contributed by atoms with Gasteiger partial charge in [-0.1, -0.05) is 6.07 Å².